The van der Waals surface area contributed by atoms with Crippen LogP contribution in [0.5, 0.6) is 0 Å². The Hall–Kier alpha value is -2.04. The standard InChI is InChI=1S/C24H28Cl2N2O2/c1-16-7-3-4-8-19(16)14-23(29)28(15-18-11-12-21(25)22(26)13-18)17(2)24(30)27-20-9-5-6-10-20/h3-4,7-8,11-13,17,20H,5-6,9-10,14-15H2,1-2H3,(H,27,30)/t17-/m1/s1. The van der Waals surface area contributed by atoms with Gasteiger partial charge in [-0.05, 0) is 55.5 Å². The van der Waals surface area contributed by atoms with Gasteiger partial charge in [0.25, 0.3) is 0 Å². The van der Waals surface area contributed by atoms with E-state index in [1.165, 1.54) is 0 Å². The molecule has 4 nitrogen and oxygen atoms in total. The molecule has 160 valence electrons. The SMILES string of the molecule is Cc1ccccc1CC(=O)N(Cc1ccc(Cl)c(Cl)c1)[C@H](C)C(=O)NC1CCCC1. The van der Waals surface area contributed by atoms with Crippen molar-refractivity contribution in [1.29, 1.82) is 0 Å². The number of halogens is 2. The number of aryl methyl sites for hydroxylation is 1. The van der Waals surface area contributed by atoms with Crippen molar-refractivity contribution < 1.29 is 9.59 Å². The van der Waals surface area contributed by atoms with Crippen LogP contribution in [0.1, 0.15) is 49.3 Å². The molecule has 1 atom stereocenters. The molecule has 0 spiro atoms. The van der Waals surface area contributed by atoms with Crippen LogP contribution in [0.4, 0.5) is 0 Å². The summed E-state index contributed by atoms with van der Waals surface area (Å²) in [6.45, 7) is 4.07. The zero-order valence-electron chi connectivity index (χ0n) is 17.5. The Labute approximate surface area is 188 Å². The van der Waals surface area contributed by atoms with Crippen molar-refractivity contribution in [3.8, 4) is 0 Å². The summed E-state index contributed by atoms with van der Waals surface area (Å²) < 4.78 is 0. The molecule has 0 aliphatic heterocycles. The Balaban J connectivity index is 1.80. The van der Waals surface area contributed by atoms with Crippen LogP contribution in [0.3, 0.4) is 0 Å². The fourth-order valence-electron chi connectivity index (χ4n) is 3.88. The Bertz CT molecular complexity index is 910. The Morgan fingerprint density at radius 2 is 1.80 bits per heavy atom. The first kappa shape index (κ1) is 22.6. The van der Waals surface area contributed by atoms with Crippen molar-refractivity contribution in [2.75, 3.05) is 0 Å². The highest BCUT2D eigenvalue weighted by Gasteiger charge is 2.28. The fourth-order valence-corrected chi connectivity index (χ4v) is 4.20. The van der Waals surface area contributed by atoms with Crippen LogP contribution in [0.15, 0.2) is 42.5 Å². The highest BCUT2D eigenvalue weighted by molar-refractivity contribution is 6.42. The number of nitrogens with zero attached hydrogens (tertiary/aromatic N) is 1. The summed E-state index contributed by atoms with van der Waals surface area (Å²) in [5, 5.41) is 4.01. The molecule has 2 amide bonds. The summed E-state index contributed by atoms with van der Waals surface area (Å²) >= 11 is 12.2. The van der Waals surface area contributed by atoms with Gasteiger partial charge >= 0.3 is 0 Å². The first-order valence-electron chi connectivity index (χ1n) is 10.4. The van der Waals surface area contributed by atoms with E-state index in [0.29, 0.717) is 16.6 Å². The Morgan fingerprint density at radius 3 is 2.47 bits per heavy atom. The summed E-state index contributed by atoms with van der Waals surface area (Å²) in [4.78, 5) is 27.8. The molecule has 0 aromatic heterocycles. The van der Waals surface area contributed by atoms with E-state index in [2.05, 4.69) is 5.32 Å². The normalized spacial score (nSPS) is 15.1. The third kappa shape index (κ3) is 5.77. The van der Waals surface area contributed by atoms with E-state index in [1.807, 2.05) is 37.3 Å². The molecular weight excluding hydrogens is 419 g/mol. The van der Waals surface area contributed by atoms with Crippen molar-refractivity contribution in [2.45, 2.75) is 64.6 Å². The summed E-state index contributed by atoms with van der Waals surface area (Å²) in [7, 11) is 0. The van der Waals surface area contributed by atoms with Crippen LogP contribution in [0, 0.1) is 6.92 Å². The Kier molecular flexibility index (Phi) is 7.79. The molecule has 6 heteroatoms. The molecule has 1 saturated carbocycles. The summed E-state index contributed by atoms with van der Waals surface area (Å²) in [6.07, 6.45) is 4.52. The molecule has 1 aliphatic carbocycles. The number of carbonyl (C=O) groups is 2. The van der Waals surface area contributed by atoms with Crippen molar-refractivity contribution in [3.05, 3.63) is 69.2 Å². The molecule has 0 radical (unpaired) electrons. The summed E-state index contributed by atoms with van der Waals surface area (Å²) in [6, 6.07) is 12.7. The fraction of sp³-hybridized carbons (Fsp3) is 0.417. The molecule has 0 unspecified atom stereocenters. The quantitative estimate of drug-likeness (QED) is 0.625. The smallest absolute Gasteiger partial charge is 0.242 e. The van der Waals surface area contributed by atoms with E-state index in [4.69, 9.17) is 23.2 Å². The van der Waals surface area contributed by atoms with Gasteiger partial charge in [-0.15, -0.1) is 0 Å². The van der Waals surface area contributed by atoms with Crippen molar-refractivity contribution in [1.82, 2.24) is 10.2 Å². The largest absolute Gasteiger partial charge is 0.352 e. The van der Waals surface area contributed by atoms with Gasteiger partial charge in [0.1, 0.15) is 6.04 Å². The third-order valence-corrected chi connectivity index (χ3v) is 6.55. The van der Waals surface area contributed by atoms with Crippen LogP contribution in [-0.4, -0.2) is 28.8 Å². The lowest BCUT2D eigenvalue weighted by Crippen LogP contribution is -2.50. The first-order valence-corrected chi connectivity index (χ1v) is 11.2. The number of nitrogens with one attached hydrogen (secondary N) is 1. The number of rotatable bonds is 7. The topological polar surface area (TPSA) is 49.4 Å². The van der Waals surface area contributed by atoms with Gasteiger partial charge in [0.2, 0.25) is 11.8 Å². The van der Waals surface area contributed by atoms with Gasteiger partial charge in [0.15, 0.2) is 0 Å². The average molecular weight is 447 g/mol. The van der Waals surface area contributed by atoms with Gasteiger partial charge in [-0.3, -0.25) is 9.59 Å². The van der Waals surface area contributed by atoms with Crippen LogP contribution in [0.25, 0.3) is 0 Å². The second kappa shape index (κ2) is 10.3. The molecule has 2 aromatic rings. The predicted molar refractivity (Wildman–Crippen MR) is 122 cm³/mol. The van der Waals surface area contributed by atoms with Crippen molar-refractivity contribution in [2.24, 2.45) is 0 Å². The van der Waals surface area contributed by atoms with Crippen LogP contribution >= 0.6 is 23.2 Å². The van der Waals surface area contributed by atoms with E-state index in [9.17, 15) is 9.59 Å². The summed E-state index contributed by atoms with van der Waals surface area (Å²) in [5.74, 6) is -0.204. The highest BCUT2D eigenvalue weighted by Crippen LogP contribution is 2.24. The van der Waals surface area contributed by atoms with Gasteiger partial charge in [0, 0.05) is 12.6 Å². The lowest BCUT2D eigenvalue weighted by Gasteiger charge is -2.30. The highest BCUT2D eigenvalue weighted by atomic mass is 35.5. The van der Waals surface area contributed by atoms with E-state index in [-0.39, 0.29) is 24.3 Å². The van der Waals surface area contributed by atoms with E-state index < -0.39 is 6.04 Å². The second-order valence-corrected chi connectivity index (χ2v) is 8.85. The number of amides is 2. The molecule has 30 heavy (non-hydrogen) atoms. The number of benzene rings is 2. The molecule has 1 fully saturated rings. The second-order valence-electron chi connectivity index (χ2n) is 8.04. The molecule has 1 aliphatic rings. The lowest BCUT2D eigenvalue weighted by atomic mass is 10.0. The zero-order valence-corrected chi connectivity index (χ0v) is 19.0. The minimum absolute atomic E-state index is 0.0931. The molecular formula is C24H28Cl2N2O2. The van der Waals surface area contributed by atoms with Gasteiger partial charge in [-0.25, -0.2) is 0 Å². The van der Waals surface area contributed by atoms with Gasteiger partial charge in [0.05, 0.1) is 16.5 Å². The third-order valence-electron chi connectivity index (χ3n) is 5.81. The summed E-state index contributed by atoms with van der Waals surface area (Å²) in [5.41, 5.74) is 2.86. The van der Waals surface area contributed by atoms with Crippen LogP contribution in [-0.2, 0) is 22.6 Å². The Morgan fingerprint density at radius 1 is 1.10 bits per heavy atom. The molecule has 2 aromatic carbocycles. The minimum Gasteiger partial charge on any atom is -0.352 e. The van der Waals surface area contributed by atoms with Crippen molar-refractivity contribution >= 4 is 35.0 Å². The van der Waals surface area contributed by atoms with Crippen LogP contribution in [0.2, 0.25) is 10.0 Å². The molecule has 0 heterocycles. The van der Waals surface area contributed by atoms with Gasteiger partial charge < -0.3 is 10.2 Å². The van der Waals surface area contributed by atoms with E-state index >= 15 is 0 Å². The maximum atomic E-state index is 13.3. The molecule has 3 rings (SSSR count). The molecule has 1 N–H and O–H groups in total. The number of hydrogen-bond acceptors (Lipinski definition) is 2. The number of carbonyl (C=O) groups excluding carboxylic acids is 2. The number of hydrogen-bond donors (Lipinski definition) is 1. The van der Waals surface area contributed by atoms with E-state index in [1.54, 1.807) is 24.0 Å². The van der Waals surface area contributed by atoms with Gasteiger partial charge in [-0.1, -0.05) is 66.4 Å². The monoisotopic (exact) mass is 446 g/mol. The van der Waals surface area contributed by atoms with E-state index in [0.717, 1.165) is 42.4 Å². The zero-order chi connectivity index (χ0) is 21.7. The van der Waals surface area contributed by atoms with Crippen molar-refractivity contribution in [3.63, 3.8) is 0 Å². The minimum atomic E-state index is -0.587. The first-order chi connectivity index (χ1) is 14.3. The van der Waals surface area contributed by atoms with Gasteiger partial charge in [-0.2, -0.15) is 0 Å². The molecule has 0 saturated heterocycles. The average Bonchev–Trinajstić information content (AvgIpc) is 3.23. The predicted octanol–water partition coefficient (Wildman–Crippen LogP) is 5.32. The lowest BCUT2D eigenvalue weighted by molar-refractivity contribution is -0.140. The maximum Gasteiger partial charge on any atom is 0.242 e. The maximum absolute atomic E-state index is 13.3. The van der Waals surface area contributed by atoms with Crippen LogP contribution < -0.4 is 5.32 Å². The molecule has 0 bridgehead atoms.